The van der Waals surface area contributed by atoms with Crippen LogP contribution in [-0.4, -0.2) is 47.4 Å². The Balaban J connectivity index is 3.45. The van der Waals surface area contributed by atoms with Gasteiger partial charge >= 0.3 is 5.97 Å². The van der Waals surface area contributed by atoms with Gasteiger partial charge in [-0.1, -0.05) is 269 Å². The zero-order valence-electron chi connectivity index (χ0n) is 45.9. The lowest BCUT2D eigenvalue weighted by atomic mass is 10.0. The molecular weight excluding hydrogens is 839 g/mol. The van der Waals surface area contributed by atoms with Crippen LogP contribution in [0.4, 0.5) is 0 Å². The van der Waals surface area contributed by atoms with Gasteiger partial charge in [-0.05, 0) is 77.0 Å². The summed E-state index contributed by atoms with van der Waals surface area (Å²) in [7, 11) is 0. The second-order valence-electron chi connectivity index (χ2n) is 21.0. The Morgan fingerprint density at radius 2 is 0.691 bits per heavy atom. The van der Waals surface area contributed by atoms with E-state index in [0.29, 0.717) is 25.9 Å². The molecule has 6 nitrogen and oxygen atoms in total. The first-order valence-corrected chi connectivity index (χ1v) is 30.6. The molecule has 0 aliphatic heterocycles. The van der Waals surface area contributed by atoms with Crippen LogP contribution in [-0.2, 0) is 14.3 Å². The summed E-state index contributed by atoms with van der Waals surface area (Å²) in [5.41, 5.74) is 0. The normalized spacial score (nSPS) is 12.7. The molecule has 6 heteroatoms. The molecule has 0 aromatic rings. The lowest BCUT2D eigenvalue weighted by Gasteiger charge is -2.22. The lowest BCUT2D eigenvalue weighted by Crippen LogP contribution is -2.45. The molecule has 0 saturated carbocycles. The number of allylic oxidation sites excluding steroid dienone is 4. The highest BCUT2D eigenvalue weighted by molar-refractivity contribution is 5.76. The van der Waals surface area contributed by atoms with Crippen LogP contribution in [0, 0.1) is 0 Å². The molecule has 0 aromatic heterocycles. The lowest BCUT2D eigenvalue weighted by molar-refractivity contribution is -0.143. The Hall–Kier alpha value is -1.66. The fraction of sp³-hybridized carbons (Fsp3) is 0.903. The summed E-state index contributed by atoms with van der Waals surface area (Å²) in [6.07, 6.45) is 70.3. The Labute approximate surface area is 424 Å². The predicted octanol–water partition coefficient (Wildman–Crippen LogP) is 19.0. The van der Waals surface area contributed by atoms with Crippen molar-refractivity contribution >= 4 is 11.9 Å². The van der Waals surface area contributed by atoms with Crippen molar-refractivity contribution in [3.05, 3.63) is 24.3 Å². The summed E-state index contributed by atoms with van der Waals surface area (Å²) >= 11 is 0. The maximum atomic E-state index is 12.5. The van der Waals surface area contributed by atoms with Crippen molar-refractivity contribution in [2.75, 3.05) is 13.2 Å². The fourth-order valence-corrected chi connectivity index (χ4v) is 9.51. The molecule has 1 amide bonds. The molecule has 0 bridgehead atoms. The molecule has 0 radical (unpaired) electrons. The number of hydrogen-bond acceptors (Lipinski definition) is 5. The zero-order valence-corrected chi connectivity index (χ0v) is 45.9. The maximum absolute atomic E-state index is 12.5. The van der Waals surface area contributed by atoms with Gasteiger partial charge in [0.1, 0.15) is 0 Å². The highest BCUT2D eigenvalue weighted by atomic mass is 16.5. The van der Waals surface area contributed by atoms with Crippen molar-refractivity contribution in [3.8, 4) is 0 Å². The number of carbonyl (C=O) groups is 2. The number of aliphatic hydroxyl groups excluding tert-OH is 2. The van der Waals surface area contributed by atoms with E-state index in [4.69, 9.17) is 4.74 Å². The van der Waals surface area contributed by atoms with Crippen LogP contribution in [0.1, 0.15) is 335 Å². The second-order valence-corrected chi connectivity index (χ2v) is 21.0. The van der Waals surface area contributed by atoms with E-state index in [0.717, 1.165) is 57.8 Å². The molecule has 0 spiro atoms. The molecule has 0 aliphatic rings. The van der Waals surface area contributed by atoms with Crippen LogP contribution in [0.15, 0.2) is 24.3 Å². The third-order valence-corrected chi connectivity index (χ3v) is 14.2. The minimum Gasteiger partial charge on any atom is -0.466 e. The van der Waals surface area contributed by atoms with E-state index in [1.165, 1.54) is 244 Å². The SMILES string of the molecule is CCCCCC/C=C\CCCCCCCC(=O)OCCCCCCCCCCC/C=C\CCCCCCCC(=O)NC(CO)C(O)CCCCCCCCCCCCCCCCCCCCCC. The van der Waals surface area contributed by atoms with Crippen LogP contribution < -0.4 is 5.32 Å². The van der Waals surface area contributed by atoms with Gasteiger partial charge in [0.05, 0.1) is 25.4 Å². The minimum atomic E-state index is -0.674. The Kier molecular flexibility index (Phi) is 56.5. The molecular formula is C62H119NO5. The number of esters is 1. The number of rotatable bonds is 57. The number of aliphatic hydroxyl groups is 2. The van der Waals surface area contributed by atoms with Gasteiger partial charge in [0.2, 0.25) is 5.91 Å². The Bertz CT molecular complexity index is 1060. The first-order valence-electron chi connectivity index (χ1n) is 30.6. The van der Waals surface area contributed by atoms with Gasteiger partial charge in [-0.25, -0.2) is 0 Å². The van der Waals surface area contributed by atoms with Gasteiger partial charge in [-0.2, -0.15) is 0 Å². The molecule has 0 fully saturated rings. The largest absolute Gasteiger partial charge is 0.466 e. The van der Waals surface area contributed by atoms with E-state index < -0.39 is 12.1 Å². The summed E-state index contributed by atoms with van der Waals surface area (Å²) in [5.74, 6) is -0.0524. The van der Waals surface area contributed by atoms with E-state index in [2.05, 4.69) is 43.5 Å². The third kappa shape index (κ3) is 53.7. The van der Waals surface area contributed by atoms with Crippen LogP contribution in [0.2, 0.25) is 0 Å². The van der Waals surface area contributed by atoms with Crippen LogP contribution >= 0.6 is 0 Å². The third-order valence-electron chi connectivity index (χ3n) is 14.2. The topological polar surface area (TPSA) is 95.9 Å². The summed E-state index contributed by atoms with van der Waals surface area (Å²) in [6.45, 7) is 4.94. The van der Waals surface area contributed by atoms with E-state index >= 15 is 0 Å². The molecule has 0 rings (SSSR count). The number of unbranched alkanes of at least 4 members (excludes halogenated alkanes) is 42. The van der Waals surface area contributed by atoms with Gasteiger partial charge in [-0.3, -0.25) is 9.59 Å². The van der Waals surface area contributed by atoms with Crippen LogP contribution in [0.5, 0.6) is 0 Å². The molecule has 0 saturated heterocycles. The predicted molar refractivity (Wildman–Crippen MR) is 296 cm³/mol. The number of hydrogen-bond donors (Lipinski definition) is 3. The highest BCUT2D eigenvalue weighted by Gasteiger charge is 2.20. The molecule has 0 aliphatic carbocycles. The van der Waals surface area contributed by atoms with Gasteiger partial charge < -0.3 is 20.3 Å². The van der Waals surface area contributed by atoms with Crippen molar-refractivity contribution in [1.29, 1.82) is 0 Å². The summed E-state index contributed by atoms with van der Waals surface area (Å²) in [5, 5.41) is 23.3. The molecule has 0 aromatic carbocycles. The average Bonchev–Trinajstić information content (AvgIpc) is 3.34. The van der Waals surface area contributed by atoms with Gasteiger partial charge in [-0.15, -0.1) is 0 Å². The average molecular weight is 959 g/mol. The van der Waals surface area contributed by atoms with Crippen molar-refractivity contribution in [2.24, 2.45) is 0 Å². The van der Waals surface area contributed by atoms with Crippen molar-refractivity contribution in [3.63, 3.8) is 0 Å². The Morgan fingerprint density at radius 1 is 0.397 bits per heavy atom. The van der Waals surface area contributed by atoms with E-state index in [9.17, 15) is 19.8 Å². The quantitative estimate of drug-likeness (QED) is 0.0321. The first kappa shape index (κ1) is 66.3. The van der Waals surface area contributed by atoms with E-state index in [1.807, 2.05) is 0 Å². The van der Waals surface area contributed by atoms with Gasteiger partial charge in [0.25, 0.3) is 0 Å². The number of carbonyl (C=O) groups excluding carboxylic acids is 2. The molecule has 0 heterocycles. The van der Waals surface area contributed by atoms with Crippen molar-refractivity contribution < 1.29 is 24.5 Å². The second kappa shape index (κ2) is 57.9. The smallest absolute Gasteiger partial charge is 0.305 e. The van der Waals surface area contributed by atoms with E-state index in [1.54, 1.807) is 0 Å². The highest BCUT2D eigenvalue weighted by Crippen LogP contribution is 2.17. The summed E-state index contributed by atoms with van der Waals surface area (Å²) in [4.78, 5) is 24.5. The minimum absolute atomic E-state index is 0.00578. The molecule has 2 unspecified atom stereocenters. The molecule has 402 valence electrons. The summed E-state index contributed by atoms with van der Waals surface area (Å²) in [6, 6.07) is -0.552. The molecule has 3 N–H and O–H groups in total. The monoisotopic (exact) mass is 958 g/mol. The number of amides is 1. The zero-order chi connectivity index (χ0) is 49.3. The summed E-state index contributed by atoms with van der Waals surface area (Å²) < 4.78 is 5.46. The Morgan fingerprint density at radius 3 is 1.06 bits per heavy atom. The number of nitrogens with one attached hydrogen (secondary N) is 1. The van der Waals surface area contributed by atoms with Crippen molar-refractivity contribution in [2.45, 2.75) is 347 Å². The number of ether oxygens (including phenoxy) is 1. The van der Waals surface area contributed by atoms with Gasteiger partial charge in [0.15, 0.2) is 0 Å². The standard InChI is InChI=1S/C62H119NO5/c1-3-5-7-9-11-13-15-17-18-19-20-21-24-27-31-34-38-42-46-50-54-60(65)59(58-64)63-61(66)55-51-47-43-39-35-32-28-25-22-23-26-29-33-37-41-45-49-53-57-68-62(67)56-52-48-44-40-36-30-16-14-12-10-8-6-4-2/h14,16,25,28,59-60,64-65H,3-13,15,17-24,26-27,29-58H2,1-2H3,(H,63,66)/b16-14-,28-25-. The van der Waals surface area contributed by atoms with Gasteiger partial charge in [0, 0.05) is 12.8 Å². The van der Waals surface area contributed by atoms with Crippen LogP contribution in [0.3, 0.4) is 0 Å². The fourth-order valence-electron chi connectivity index (χ4n) is 9.51. The van der Waals surface area contributed by atoms with Crippen LogP contribution in [0.25, 0.3) is 0 Å². The first-order chi connectivity index (χ1) is 33.5. The van der Waals surface area contributed by atoms with Crippen molar-refractivity contribution in [1.82, 2.24) is 5.32 Å². The molecule has 2 atom stereocenters. The maximum Gasteiger partial charge on any atom is 0.305 e. The van der Waals surface area contributed by atoms with E-state index in [-0.39, 0.29) is 18.5 Å². The molecule has 68 heavy (non-hydrogen) atoms.